The Morgan fingerprint density at radius 3 is 2.26 bits per heavy atom. The summed E-state index contributed by atoms with van der Waals surface area (Å²) in [5.74, 6) is -1.42. The number of halogens is 1. The van der Waals surface area contributed by atoms with Gasteiger partial charge in [0.15, 0.2) is 0 Å². The molecule has 0 radical (unpaired) electrons. The second-order valence-electron chi connectivity index (χ2n) is 16.8. The largest absolute Gasteiger partial charge is 0.372 e. The zero-order chi connectivity index (χ0) is 40.1. The van der Waals surface area contributed by atoms with Crippen LogP contribution in [0.4, 0.5) is 22.7 Å². The van der Waals surface area contributed by atoms with Crippen LogP contribution in [0.1, 0.15) is 69.6 Å². The van der Waals surface area contributed by atoms with Gasteiger partial charge >= 0.3 is 0 Å². The maximum Gasteiger partial charge on any atom is 0.264 e. The lowest BCUT2D eigenvalue weighted by molar-refractivity contribution is -0.136. The lowest BCUT2D eigenvalue weighted by Crippen LogP contribution is -2.54. The Morgan fingerprint density at radius 2 is 1.53 bits per heavy atom. The molecule has 6 heterocycles. The van der Waals surface area contributed by atoms with Crippen molar-refractivity contribution in [1.82, 2.24) is 20.0 Å². The van der Waals surface area contributed by atoms with Crippen LogP contribution in [-0.2, 0) is 9.59 Å². The number of benzene rings is 3. The molecule has 13 nitrogen and oxygen atoms in total. The highest BCUT2D eigenvalue weighted by atomic mass is 35.5. The van der Waals surface area contributed by atoms with Crippen LogP contribution in [0.25, 0.3) is 4.85 Å². The van der Waals surface area contributed by atoms with Gasteiger partial charge in [0.25, 0.3) is 17.7 Å². The van der Waals surface area contributed by atoms with Crippen LogP contribution in [0, 0.1) is 17.9 Å². The zero-order valence-electron chi connectivity index (χ0n) is 32.5. The third-order valence-electron chi connectivity index (χ3n) is 13.4. The number of hydrogen-bond donors (Lipinski definition) is 1. The fourth-order valence-corrected chi connectivity index (χ4v) is 10.3. The summed E-state index contributed by atoms with van der Waals surface area (Å²) in [4.78, 5) is 80.9. The molecule has 0 aliphatic carbocycles. The highest BCUT2D eigenvalue weighted by Gasteiger charge is 2.47. The molecule has 5 saturated heterocycles. The molecule has 0 aromatic heterocycles. The summed E-state index contributed by atoms with van der Waals surface area (Å²) < 4.78 is 0. The standard InChI is InChI=1S/C44H47ClN8O5/c1-46-35-10-9-32(25-34(35)45)49-18-14-44(15-19-49)16-20-52(28-44)41(56)30-5-7-31(8-6-30)50-23-21-48(22-24-50)26-29-13-17-51(27-29)36-4-2-3-33-39(36)43(58)53(42(33)57)37-11-12-38(54)47-40(37)55/h2-10,25,29,37H,11-24,26-28H2,(H,47,54,55)/t29-,37?/m1/s1. The minimum absolute atomic E-state index is 0.0914. The van der Waals surface area contributed by atoms with E-state index in [4.69, 9.17) is 18.2 Å². The Hall–Kier alpha value is -5.45. The minimum atomic E-state index is -0.980. The van der Waals surface area contributed by atoms with E-state index in [0.717, 1.165) is 125 Å². The van der Waals surface area contributed by atoms with Gasteiger partial charge in [-0.3, -0.25) is 39.1 Å². The van der Waals surface area contributed by atoms with Gasteiger partial charge in [0.05, 0.1) is 23.4 Å². The SMILES string of the molecule is [C-]#[N+]c1ccc(N2CCC3(CCN(C(=O)c4ccc(N5CCN(C[C@H]6CCN(c7cccc8c7C(=O)N(C7CCC(=O)NC7=O)C8=O)C6)CC5)cc4)C3)CC2)cc1Cl. The van der Waals surface area contributed by atoms with E-state index in [0.29, 0.717) is 27.8 Å². The summed E-state index contributed by atoms with van der Waals surface area (Å²) in [6.07, 6.45) is 4.27. The molecule has 300 valence electrons. The molecule has 58 heavy (non-hydrogen) atoms. The lowest BCUT2D eigenvalue weighted by Gasteiger charge is -2.40. The van der Waals surface area contributed by atoms with Gasteiger partial charge in [-0.15, -0.1) is 0 Å². The number of fused-ring (bicyclic) bond motifs is 1. The summed E-state index contributed by atoms with van der Waals surface area (Å²) in [7, 11) is 0. The van der Waals surface area contributed by atoms with Crippen molar-refractivity contribution < 1.29 is 24.0 Å². The van der Waals surface area contributed by atoms with E-state index in [-0.39, 0.29) is 30.1 Å². The quantitative estimate of drug-likeness (QED) is 0.258. The molecule has 6 aliphatic rings. The topological polar surface area (TPSA) is 121 Å². The van der Waals surface area contributed by atoms with Crippen molar-refractivity contribution in [2.75, 3.05) is 86.7 Å². The summed E-state index contributed by atoms with van der Waals surface area (Å²) in [5.41, 5.74) is 4.93. The molecule has 14 heteroatoms. The number of carbonyl (C=O) groups excluding carboxylic acids is 5. The van der Waals surface area contributed by atoms with Gasteiger partial charge in [0.1, 0.15) is 6.04 Å². The highest BCUT2D eigenvalue weighted by molar-refractivity contribution is 6.33. The molecular formula is C44H47ClN8O5. The van der Waals surface area contributed by atoms with Gasteiger partial charge < -0.3 is 19.6 Å². The fraction of sp³-hybridized carbons (Fsp3) is 0.455. The smallest absolute Gasteiger partial charge is 0.264 e. The van der Waals surface area contributed by atoms with E-state index in [9.17, 15) is 24.0 Å². The van der Waals surface area contributed by atoms with Crippen LogP contribution >= 0.6 is 11.6 Å². The molecule has 0 saturated carbocycles. The van der Waals surface area contributed by atoms with E-state index >= 15 is 0 Å². The van der Waals surface area contributed by atoms with Crippen molar-refractivity contribution in [3.8, 4) is 0 Å². The number of amides is 5. The Morgan fingerprint density at radius 1 is 0.810 bits per heavy atom. The maximum absolute atomic E-state index is 13.7. The molecular weight excluding hydrogens is 756 g/mol. The molecule has 1 spiro atoms. The summed E-state index contributed by atoms with van der Waals surface area (Å²) >= 11 is 6.31. The summed E-state index contributed by atoms with van der Waals surface area (Å²) in [6.45, 7) is 16.8. The number of piperidine rings is 2. The van der Waals surface area contributed by atoms with Crippen LogP contribution in [0.5, 0.6) is 0 Å². The third kappa shape index (κ3) is 7.06. The number of hydrogen-bond acceptors (Lipinski definition) is 9. The van der Waals surface area contributed by atoms with Crippen molar-refractivity contribution in [2.24, 2.45) is 11.3 Å². The predicted octanol–water partition coefficient (Wildman–Crippen LogP) is 5.07. The molecule has 1 N–H and O–H groups in total. The Bertz CT molecular complexity index is 2210. The van der Waals surface area contributed by atoms with Crippen molar-refractivity contribution in [1.29, 1.82) is 0 Å². The second-order valence-corrected chi connectivity index (χ2v) is 17.2. The number of nitrogens with zero attached hydrogens (tertiary/aromatic N) is 7. The average molecular weight is 803 g/mol. The van der Waals surface area contributed by atoms with Crippen molar-refractivity contribution in [3.63, 3.8) is 0 Å². The van der Waals surface area contributed by atoms with E-state index in [1.54, 1.807) is 18.2 Å². The summed E-state index contributed by atoms with van der Waals surface area (Å²) in [6, 6.07) is 18.1. The Labute approximate surface area is 343 Å². The molecule has 5 amide bonds. The monoisotopic (exact) mass is 802 g/mol. The minimum Gasteiger partial charge on any atom is -0.372 e. The fourth-order valence-electron chi connectivity index (χ4n) is 10.1. The third-order valence-corrected chi connectivity index (χ3v) is 13.7. The maximum atomic E-state index is 13.7. The lowest BCUT2D eigenvalue weighted by atomic mass is 9.77. The molecule has 0 bridgehead atoms. The van der Waals surface area contributed by atoms with E-state index in [1.807, 2.05) is 35.2 Å². The molecule has 3 aromatic carbocycles. The van der Waals surface area contributed by atoms with Crippen LogP contribution in [0.2, 0.25) is 5.02 Å². The van der Waals surface area contributed by atoms with Crippen LogP contribution in [0.3, 0.4) is 0 Å². The van der Waals surface area contributed by atoms with Crippen LogP contribution in [0.15, 0.2) is 60.7 Å². The van der Waals surface area contributed by atoms with Gasteiger partial charge in [-0.2, -0.15) is 0 Å². The van der Waals surface area contributed by atoms with Crippen LogP contribution in [-0.4, -0.2) is 122 Å². The second kappa shape index (κ2) is 15.4. The van der Waals surface area contributed by atoms with Gasteiger partial charge in [0.2, 0.25) is 17.5 Å². The van der Waals surface area contributed by atoms with Gasteiger partial charge in [0, 0.05) is 100 Å². The van der Waals surface area contributed by atoms with Crippen LogP contribution < -0.4 is 20.0 Å². The molecule has 6 aliphatic heterocycles. The average Bonchev–Trinajstić information content (AvgIpc) is 3.95. The highest BCUT2D eigenvalue weighted by Crippen LogP contribution is 2.43. The van der Waals surface area contributed by atoms with E-state index in [1.165, 1.54) is 0 Å². The molecule has 3 aromatic rings. The number of carbonyl (C=O) groups is 5. The van der Waals surface area contributed by atoms with Crippen molar-refractivity contribution in [2.45, 2.75) is 44.6 Å². The molecule has 5 fully saturated rings. The number of likely N-dealkylation sites (tertiary alicyclic amines) is 1. The first-order valence-corrected chi connectivity index (χ1v) is 20.9. The predicted molar refractivity (Wildman–Crippen MR) is 221 cm³/mol. The zero-order valence-corrected chi connectivity index (χ0v) is 33.3. The first-order chi connectivity index (χ1) is 28.1. The van der Waals surface area contributed by atoms with E-state index in [2.05, 4.69) is 41.9 Å². The first kappa shape index (κ1) is 38.1. The van der Waals surface area contributed by atoms with Gasteiger partial charge in [-0.1, -0.05) is 23.7 Å². The number of piperazine rings is 1. The first-order valence-electron chi connectivity index (χ1n) is 20.5. The van der Waals surface area contributed by atoms with Gasteiger partial charge in [-0.05, 0) is 92.0 Å². The Balaban J connectivity index is 0.745. The van der Waals surface area contributed by atoms with Crippen molar-refractivity contribution >= 4 is 63.9 Å². The number of nitrogens with one attached hydrogen (secondary N) is 1. The van der Waals surface area contributed by atoms with Crippen molar-refractivity contribution in [3.05, 3.63) is 93.8 Å². The molecule has 1 unspecified atom stereocenters. The number of rotatable bonds is 7. The summed E-state index contributed by atoms with van der Waals surface area (Å²) in [5, 5.41) is 2.76. The normalized spacial score (nSPS) is 23.5. The number of imide groups is 2. The molecule has 2 atom stereocenters. The van der Waals surface area contributed by atoms with Gasteiger partial charge in [-0.25, -0.2) is 4.85 Å². The van der Waals surface area contributed by atoms with E-state index < -0.39 is 23.8 Å². The molecule has 9 rings (SSSR count). The number of anilines is 3. The Kier molecular flexibility index (Phi) is 10.1.